The molecule has 20 heavy (non-hydrogen) atoms. The molecule has 0 aliphatic heterocycles. The first-order valence-corrected chi connectivity index (χ1v) is 6.43. The number of carbonyl (C=O) groups is 1. The molecule has 0 spiro atoms. The van der Waals surface area contributed by atoms with Crippen LogP contribution >= 0.6 is 15.9 Å². The Labute approximate surface area is 123 Å². The van der Waals surface area contributed by atoms with Crippen molar-refractivity contribution >= 4 is 28.1 Å². The first-order chi connectivity index (χ1) is 9.58. The second-order valence-electron chi connectivity index (χ2n) is 3.88. The minimum absolute atomic E-state index is 0.0966. The van der Waals surface area contributed by atoms with Crippen LogP contribution in [-0.4, -0.2) is 17.2 Å². The second-order valence-corrected chi connectivity index (χ2v) is 4.80. The van der Waals surface area contributed by atoms with Gasteiger partial charge in [-0.05, 0) is 30.3 Å². The standard InChI is InChI=1S/C14H10BrFN2O2/c15-10-5-6-12(16)9(7-10)8-17-18-14(20)11-3-1-2-4-13(11)19/h1-8,19H,(H,18,20)/b17-8-. The van der Waals surface area contributed by atoms with E-state index in [9.17, 15) is 14.3 Å². The Hall–Kier alpha value is -2.21. The van der Waals surface area contributed by atoms with Gasteiger partial charge in [-0.25, -0.2) is 9.82 Å². The number of phenolic OH excluding ortho intramolecular Hbond substituents is 1. The zero-order valence-electron chi connectivity index (χ0n) is 10.2. The number of halogens is 2. The summed E-state index contributed by atoms with van der Waals surface area (Å²) < 4.78 is 14.1. The fourth-order valence-corrected chi connectivity index (χ4v) is 1.88. The van der Waals surface area contributed by atoms with Crippen LogP contribution in [0.25, 0.3) is 0 Å². The highest BCUT2D eigenvalue weighted by Crippen LogP contribution is 2.15. The van der Waals surface area contributed by atoms with Crippen LogP contribution in [0, 0.1) is 5.82 Å². The normalized spacial score (nSPS) is 10.7. The summed E-state index contributed by atoms with van der Waals surface area (Å²) >= 11 is 3.21. The van der Waals surface area contributed by atoms with E-state index in [-0.39, 0.29) is 16.9 Å². The van der Waals surface area contributed by atoms with Gasteiger partial charge in [-0.2, -0.15) is 5.10 Å². The van der Waals surface area contributed by atoms with E-state index in [4.69, 9.17) is 0 Å². The molecule has 0 aliphatic rings. The summed E-state index contributed by atoms with van der Waals surface area (Å²) in [5.74, 6) is -1.17. The smallest absolute Gasteiger partial charge is 0.275 e. The van der Waals surface area contributed by atoms with E-state index in [1.165, 1.54) is 30.5 Å². The molecule has 0 aromatic heterocycles. The van der Waals surface area contributed by atoms with E-state index in [1.54, 1.807) is 18.2 Å². The summed E-state index contributed by atoms with van der Waals surface area (Å²) in [6.45, 7) is 0. The van der Waals surface area contributed by atoms with Gasteiger partial charge in [-0.1, -0.05) is 28.1 Å². The number of rotatable bonds is 3. The maximum absolute atomic E-state index is 13.4. The molecule has 2 N–H and O–H groups in total. The first-order valence-electron chi connectivity index (χ1n) is 5.64. The van der Waals surface area contributed by atoms with Crippen molar-refractivity contribution in [2.45, 2.75) is 0 Å². The number of amides is 1. The zero-order chi connectivity index (χ0) is 14.5. The second kappa shape index (κ2) is 6.29. The first kappa shape index (κ1) is 14.2. The molecule has 2 aromatic rings. The largest absolute Gasteiger partial charge is 0.507 e. The van der Waals surface area contributed by atoms with Crippen molar-refractivity contribution in [3.05, 3.63) is 63.9 Å². The number of para-hydroxylation sites is 1. The molecule has 4 nitrogen and oxygen atoms in total. The monoisotopic (exact) mass is 336 g/mol. The molecule has 0 radical (unpaired) electrons. The van der Waals surface area contributed by atoms with Gasteiger partial charge in [-0.15, -0.1) is 0 Å². The minimum Gasteiger partial charge on any atom is -0.507 e. The van der Waals surface area contributed by atoms with Crippen LogP contribution in [0.2, 0.25) is 0 Å². The van der Waals surface area contributed by atoms with Gasteiger partial charge in [0.2, 0.25) is 0 Å². The maximum Gasteiger partial charge on any atom is 0.275 e. The van der Waals surface area contributed by atoms with Crippen molar-refractivity contribution in [3.63, 3.8) is 0 Å². The highest BCUT2D eigenvalue weighted by atomic mass is 79.9. The lowest BCUT2D eigenvalue weighted by Crippen LogP contribution is -2.17. The van der Waals surface area contributed by atoms with Crippen molar-refractivity contribution in [1.82, 2.24) is 5.43 Å². The Morgan fingerprint density at radius 2 is 2.05 bits per heavy atom. The van der Waals surface area contributed by atoms with E-state index in [1.807, 2.05) is 0 Å². The topological polar surface area (TPSA) is 61.7 Å². The molecule has 0 fully saturated rings. The Bertz CT molecular complexity index is 674. The van der Waals surface area contributed by atoms with Crippen LogP contribution in [0.3, 0.4) is 0 Å². The van der Waals surface area contributed by atoms with Crippen LogP contribution in [0.15, 0.2) is 52.0 Å². The fraction of sp³-hybridized carbons (Fsp3) is 0. The summed E-state index contributed by atoms with van der Waals surface area (Å²) in [6.07, 6.45) is 1.19. The molecular formula is C14H10BrFN2O2. The Morgan fingerprint density at radius 1 is 1.30 bits per heavy atom. The number of hydrogen-bond acceptors (Lipinski definition) is 3. The van der Waals surface area contributed by atoms with Gasteiger partial charge in [0.15, 0.2) is 0 Å². The lowest BCUT2D eigenvalue weighted by Gasteiger charge is -2.02. The lowest BCUT2D eigenvalue weighted by atomic mass is 10.2. The third kappa shape index (κ3) is 3.42. The molecule has 1 amide bonds. The highest BCUT2D eigenvalue weighted by Gasteiger charge is 2.08. The van der Waals surface area contributed by atoms with Gasteiger partial charge < -0.3 is 5.11 Å². The maximum atomic E-state index is 13.4. The SMILES string of the molecule is O=C(N/N=C\c1cc(Br)ccc1F)c1ccccc1O. The van der Waals surface area contributed by atoms with Crippen LogP contribution in [0.1, 0.15) is 15.9 Å². The third-order valence-electron chi connectivity index (χ3n) is 2.48. The summed E-state index contributed by atoms with van der Waals surface area (Å²) in [5.41, 5.74) is 2.55. The predicted molar refractivity (Wildman–Crippen MR) is 77.3 cm³/mol. The van der Waals surface area contributed by atoms with Gasteiger partial charge >= 0.3 is 0 Å². The zero-order valence-corrected chi connectivity index (χ0v) is 11.8. The Kier molecular flexibility index (Phi) is 4.47. The molecule has 0 heterocycles. The number of hydrazone groups is 1. The van der Waals surface area contributed by atoms with Gasteiger partial charge in [0.05, 0.1) is 11.8 Å². The predicted octanol–water partition coefficient (Wildman–Crippen LogP) is 3.06. The summed E-state index contributed by atoms with van der Waals surface area (Å²) in [4.78, 5) is 11.7. The number of benzene rings is 2. The van der Waals surface area contributed by atoms with E-state index < -0.39 is 11.7 Å². The minimum atomic E-state index is -0.574. The lowest BCUT2D eigenvalue weighted by molar-refractivity contribution is 0.0952. The van der Waals surface area contributed by atoms with Crippen molar-refractivity contribution in [2.24, 2.45) is 5.10 Å². The number of hydrogen-bond donors (Lipinski definition) is 2. The Morgan fingerprint density at radius 3 is 2.80 bits per heavy atom. The van der Waals surface area contributed by atoms with Crippen LogP contribution in [0.4, 0.5) is 4.39 Å². The number of nitrogens with zero attached hydrogens (tertiary/aromatic N) is 1. The molecule has 0 aliphatic carbocycles. The molecule has 2 rings (SSSR count). The number of phenols is 1. The van der Waals surface area contributed by atoms with Crippen molar-refractivity contribution < 1.29 is 14.3 Å². The summed E-state index contributed by atoms with van der Waals surface area (Å²) in [5, 5.41) is 13.2. The average molecular weight is 337 g/mol. The fourth-order valence-electron chi connectivity index (χ4n) is 1.50. The molecule has 102 valence electrons. The van der Waals surface area contributed by atoms with Gasteiger partial charge in [0.25, 0.3) is 5.91 Å². The van der Waals surface area contributed by atoms with E-state index in [0.29, 0.717) is 4.47 Å². The molecule has 6 heteroatoms. The molecule has 0 saturated heterocycles. The third-order valence-corrected chi connectivity index (χ3v) is 2.97. The molecule has 2 aromatic carbocycles. The molecule has 0 unspecified atom stereocenters. The quantitative estimate of drug-likeness (QED) is 0.668. The van der Waals surface area contributed by atoms with E-state index in [0.717, 1.165) is 0 Å². The summed E-state index contributed by atoms with van der Waals surface area (Å²) in [6, 6.07) is 10.5. The van der Waals surface area contributed by atoms with Gasteiger partial charge in [0, 0.05) is 10.0 Å². The van der Waals surface area contributed by atoms with E-state index in [2.05, 4.69) is 26.5 Å². The molecule has 0 saturated carbocycles. The number of nitrogens with one attached hydrogen (secondary N) is 1. The number of carbonyl (C=O) groups excluding carboxylic acids is 1. The van der Waals surface area contributed by atoms with Crippen molar-refractivity contribution in [3.8, 4) is 5.75 Å². The van der Waals surface area contributed by atoms with Gasteiger partial charge in [0.1, 0.15) is 11.6 Å². The highest BCUT2D eigenvalue weighted by molar-refractivity contribution is 9.10. The van der Waals surface area contributed by atoms with Gasteiger partial charge in [-0.3, -0.25) is 4.79 Å². The number of aromatic hydroxyl groups is 1. The van der Waals surface area contributed by atoms with Crippen LogP contribution < -0.4 is 5.43 Å². The average Bonchev–Trinajstić information content (AvgIpc) is 2.43. The molecule has 0 bridgehead atoms. The molecule has 0 atom stereocenters. The van der Waals surface area contributed by atoms with Crippen molar-refractivity contribution in [2.75, 3.05) is 0 Å². The molecular weight excluding hydrogens is 327 g/mol. The Balaban J connectivity index is 2.09. The summed E-state index contributed by atoms with van der Waals surface area (Å²) in [7, 11) is 0. The van der Waals surface area contributed by atoms with Crippen LogP contribution in [0.5, 0.6) is 5.75 Å². The van der Waals surface area contributed by atoms with E-state index >= 15 is 0 Å². The van der Waals surface area contributed by atoms with Crippen molar-refractivity contribution in [1.29, 1.82) is 0 Å². The van der Waals surface area contributed by atoms with Crippen LogP contribution in [-0.2, 0) is 0 Å².